The van der Waals surface area contributed by atoms with Crippen LogP contribution in [0.5, 0.6) is 0 Å². The van der Waals surface area contributed by atoms with E-state index in [2.05, 4.69) is 28.7 Å². The summed E-state index contributed by atoms with van der Waals surface area (Å²) >= 11 is 1.69. The minimum absolute atomic E-state index is 0.143. The molecule has 0 aliphatic carbocycles. The van der Waals surface area contributed by atoms with Crippen molar-refractivity contribution in [3.8, 4) is 0 Å². The molecule has 0 radical (unpaired) electrons. The molecule has 0 atom stereocenters. The van der Waals surface area contributed by atoms with Gasteiger partial charge in [0.2, 0.25) is 0 Å². The second-order valence-corrected chi connectivity index (χ2v) is 5.73. The van der Waals surface area contributed by atoms with Crippen LogP contribution in [-0.4, -0.2) is 17.1 Å². The molecular weight excluding hydrogens is 272 g/mol. The van der Waals surface area contributed by atoms with E-state index in [0.717, 1.165) is 0 Å². The monoisotopic (exact) mass is 290 g/mol. The number of pyridine rings is 1. The Morgan fingerprint density at radius 2 is 2.25 bits per heavy atom. The van der Waals surface area contributed by atoms with Crippen LogP contribution in [-0.2, 0) is 11.3 Å². The largest absolute Gasteiger partial charge is 0.459 e. The Labute approximate surface area is 122 Å². The molecular formula is C15H18N2O2S. The van der Waals surface area contributed by atoms with Crippen molar-refractivity contribution in [1.29, 1.82) is 0 Å². The number of ether oxygens (including phenoxy) is 1. The van der Waals surface area contributed by atoms with Gasteiger partial charge < -0.3 is 10.1 Å². The molecule has 0 aromatic carbocycles. The average Bonchev–Trinajstić information content (AvgIpc) is 2.81. The summed E-state index contributed by atoms with van der Waals surface area (Å²) in [6.07, 6.45) is 1.52. The van der Waals surface area contributed by atoms with Crippen molar-refractivity contribution in [2.45, 2.75) is 33.4 Å². The summed E-state index contributed by atoms with van der Waals surface area (Å²) in [5.41, 5.74) is 1.71. The summed E-state index contributed by atoms with van der Waals surface area (Å²) < 4.78 is 5.22. The summed E-state index contributed by atoms with van der Waals surface area (Å²) in [6, 6.07) is 5.54. The van der Waals surface area contributed by atoms with Gasteiger partial charge >= 0.3 is 5.97 Å². The van der Waals surface area contributed by atoms with Crippen LogP contribution < -0.4 is 5.32 Å². The highest BCUT2D eigenvalue weighted by atomic mass is 32.1. The van der Waals surface area contributed by atoms with E-state index in [0.29, 0.717) is 17.9 Å². The number of carbonyl (C=O) groups is 1. The first-order valence-electron chi connectivity index (χ1n) is 6.50. The van der Waals surface area contributed by atoms with Crippen molar-refractivity contribution in [3.63, 3.8) is 0 Å². The molecule has 0 saturated heterocycles. The number of thiophene rings is 1. The molecule has 0 unspecified atom stereocenters. The fourth-order valence-electron chi connectivity index (χ4n) is 1.74. The van der Waals surface area contributed by atoms with Gasteiger partial charge in [0.1, 0.15) is 11.4 Å². The van der Waals surface area contributed by atoms with E-state index in [9.17, 15) is 4.79 Å². The maximum atomic E-state index is 12.0. The van der Waals surface area contributed by atoms with E-state index in [1.165, 1.54) is 10.4 Å². The van der Waals surface area contributed by atoms with Gasteiger partial charge in [-0.25, -0.2) is 9.78 Å². The molecule has 2 heterocycles. The smallest absolute Gasteiger partial charge is 0.342 e. The molecule has 4 nitrogen and oxygen atoms in total. The van der Waals surface area contributed by atoms with Gasteiger partial charge in [0.05, 0.1) is 12.6 Å². The minimum atomic E-state index is -0.349. The molecule has 0 aliphatic heterocycles. The predicted molar refractivity (Wildman–Crippen MR) is 81.2 cm³/mol. The molecule has 5 heteroatoms. The maximum absolute atomic E-state index is 12.0. The van der Waals surface area contributed by atoms with Gasteiger partial charge in [0.15, 0.2) is 0 Å². The van der Waals surface area contributed by atoms with Gasteiger partial charge in [-0.2, -0.15) is 0 Å². The first-order chi connectivity index (χ1) is 9.58. The summed E-state index contributed by atoms with van der Waals surface area (Å²) in [6.45, 7) is 6.38. The zero-order valence-corrected chi connectivity index (χ0v) is 12.7. The van der Waals surface area contributed by atoms with Gasteiger partial charge in [0, 0.05) is 11.1 Å². The van der Waals surface area contributed by atoms with E-state index in [4.69, 9.17) is 4.74 Å². The number of hydrogen-bond donors (Lipinski definition) is 1. The number of aromatic nitrogens is 1. The van der Waals surface area contributed by atoms with Crippen LogP contribution >= 0.6 is 11.3 Å². The van der Waals surface area contributed by atoms with Gasteiger partial charge in [-0.05, 0) is 49.9 Å². The van der Waals surface area contributed by atoms with Gasteiger partial charge in [-0.1, -0.05) is 0 Å². The van der Waals surface area contributed by atoms with Gasteiger partial charge in [-0.15, -0.1) is 11.3 Å². The number of nitrogens with zero attached hydrogens (tertiary/aromatic N) is 1. The highest BCUT2D eigenvalue weighted by molar-refractivity contribution is 7.10. The number of nitrogens with one attached hydrogen (secondary N) is 1. The number of aryl methyl sites for hydroxylation is 1. The number of carbonyl (C=O) groups excluding carboxylic acids is 1. The molecule has 0 amide bonds. The van der Waals surface area contributed by atoms with E-state index in [1.54, 1.807) is 29.7 Å². The minimum Gasteiger partial charge on any atom is -0.459 e. The average molecular weight is 290 g/mol. The quantitative estimate of drug-likeness (QED) is 0.854. The van der Waals surface area contributed by atoms with E-state index < -0.39 is 0 Å². The molecule has 0 aliphatic rings. The molecule has 2 aromatic heterocycles. The van der Waals surface area contributed by atoms with Crippen molar-refractivity contribution >= 4 is 23.1 Å². The lowest BCUT2D eigenvalue weighted by Crippen LogP contribution is -2.14. The molecule has 0 fully saturated rings. The highest BCUT2D eigenvalue weighted by Crippen LogP contribution is 2.19. The van der Waals surface area contributed by atoms with Crippen molar-refractivity contribution in [2.75, 3.05) is 5.32 Å². The highest BCUT2D eigenvalue weighted by Gasteiger charge is 2.15. The first kappa shape index (κ1) is 14.5. The topological polar surface area (TPSA) is 51.2 Å². The van der Waals surface area contributed by atoms with Crippen LogP contribution in [0.3, 0.4) is 0 Å². The second kappa shape index (κ2) is 6.52. The van der Waals surface area contributed by atoms with E-state index in [1.807, 2.05) is 13.8 Å². The number of hydrogen-bond acceptors (Lipinski definition) is 5. The molecule has 2 rings (SSSR count). The Hall–Kier alpha value is -1.88. The maximum Gasteiger partial charge on any atom is 0.342 e. The zero-order chi connectivity index (χ0) is 14.5. The molecule has 2 aromatic rings. The lowest BCUT2D eigenvalue weighted by molar-refractivity contribution is 0.0378. The van der Waals surface area contributed by atoms with Crippen LogP contribution in [0.1, 0.15) is 34.6 Å². The predicted octanol–water partition coefficient (Wildman–Crippen LogP) is 3.63. The third-order valence-electron chi connectivity index (χ3n) is 2.75. The lowest BCUT2D eigenvalue weighted by atomic mass is 10.2. The van der Waals surface area contributed by atoms with Crippen LogP contribution in [0.4, 0.5) is 5.82 Å². The van der Waals surface area contributed by atoms with Gasteiger partial charge in [0.25, 0.3) is 0 Å². The van der Waals surface area contributed by atoms with E-state index >= 15 is 0 Å². The number of anilines is 1. The van der Waals surface area contributed by atoms with Crippen molar-refractivity contribution in [2.24, 2.45) is 0 Å². The fraction of sp³-hybridized carbons (Fsp3) is 0.333. The van der Waals surface area contributed by atoms with Crippen LogP contribution in [0, 0.1) is 6.92 Å². The summed E-state index contributed by atoms with van der Waals surface area (Å²) in [5.74, 6) is 0.212. The van der Waals surface area contributed by atoms with Crippen molar-refractivity contribution in [3.05, 3.63) is 45.8 Å². The summed E-state index contributed by atoms with van der Waals surface area (Å²) in [4.78, 5) is 17.5. The van der Waals surface area contributed by atoms with Crippen molar-refractivity contribution in [1.82, 2.24) is 4.98 Å². The Kier molecular flexibility index (Phi) is 4.74. The van der Waals surface area contributed by atoms with Crippen molar-refractivity contribution < 1.29 is 9.53 Å². The molecule has 0 saturated carbocycles. The lowest BCUT2D eigenvalue weighted by Gasteiger charge is -2.12. The first-order valence-corrected chi connectivity index (χ1v) is 7.38. The SMILES string of the molecule is Cc1ccsc1CNc1ncccc1C(=O)OC(C)C. The number of esters is 1. The summed E-state index contributed by atoms with van der Waals surface area (Å²) in [7, 11) is 0. The molecule has 106 valence electrons. The fourth-order valence-corrected chi connectivity index (χ4v) is 2.58. The molecule has 20 heavy (non-hydrogen) atoms. The molecule has 0 spiro atoms. The van der Waals surface area contributed by atoms with Gasteiger partial charge in [-0.3, -0.25) is 0 Å². The van der Waals surface area contributed by atoms with Crippen LogP contribution in [0.2, 0.25) is 0 Å². The van der Waals surface area contributed by atoms with Crippen LogP contribution in [0.15, 0.2) is 29.8 Å². The summed E-state index contributed by atoms with van der Waals surface area (Å²) in [5, 5.41) is 5.26. The Morgan fingerprint density at radius 3 is 2.90 bits per heavy atom. The Balaban J connectivity index is 2.12. The molecule has 0 bridgehead atoms. The normalized spacial score (nSPS) is 10.6. The third kappa shape index (κ3) is 3.57. The Morgan fingerprint density at radius 1 is 1.45 bits per heavy atom. The Bertz CT molecular complexity index is 593. The van der Waals surface area contributed by atoms with Crippen LogP contribution in [0.25, 0.3) is 0 Å². The number of rotatable bonds is 5. The molecule has 1 N–H and O–H groups in total. The van der Waals surface area contributed by atoms with E-state index in [-0.39, 0.29) is 12.1 Å². The third-order valence-corrected chi connectivity index (χ3v) is 3.78. The standard InChI is InChI=1S/C15H18N2O2S/c1-10(2)19-15(18)12-5-4-7-16-14(12)17-9-13-11(3)6-8-20-13/h4-8,10H,9H2,1-3H3,(H,16,17). The zero-order valence-electron chi connectivity index (χ0n) is 11.8. The second-order valence-electron chi connectivity index (χ2n) is 4.73.